The van der Waals surface area contributed by atoms with Crippen LogP contribution in [-0.4, -0.2) is 52.8 Å². The van der Waals surface area contributed by atoms with E-state index >= 15 is 0 Å². The van der Waals surface area contributed by atoms with Crippen LogP contribution in [0.5, 0.6) is 0 Å². The lowest BCUT2D eigenvalue weighted by Crippen LogP contribution is -2.46. The number of hydrogen-bond donors (Lipinski definition) is 0. The topological polar surface area (TPSA) is 47.4 Å². The Morgan fingerprint density at radius 3 is 3.00 bits per heavy atom. The number of aromatic nitrogens is 2. The fourth-order valence-corrected chi connectivity index (χ4v) is 2.72. The maximum atomic E-state index is 12.7. The summed E-state index contributed by atoms with van der Waals surface area (Å²) in [5.74, 6) is -0.0676. The van der Waals surface area contributed by atoms with Crippen molar-refractivity contribution in [2.24, 2.45) is 0 Å². The number of halogens is 1. The Morgan fingerprint density at radius 2 is 2.35 bits per heavy atom. The first-order valence-corrected chi connectivity index (χ1v) is 7.53. The van der Waals surface area contributed by atoms with Crippen molar-refractivity contribution < 1.29 is 9.53 Å². The second-order valence-corrected chi connectivity index (χ2v) is 5.81. The van der Waals surface area contributed by atoms with Gasteiger partial charge in [0.2, 0.25) is 5.78 Å². The first kappa shape index (κ1) is 15.5. The van der Waals surface area contributed by atoms with Crippen molar-refractivity contribution in [3.05, 3.63) is 16.9 Å². The molecule has 1 fully saturated rings. The van der Waals surface area contributed by atoms with Gasteiger partial charge in [0.15, 0.2) is 0 Å². The molecule has 2 heterocycles. The predicted molar refractivity (Wildman–Crippen MR) is 78.4 cm³/mol. The SMILES string of the molecule is CCCN1CCOC(C(=O)c2c(Cl)cnn2C(C)C)C1. The number of nitrogens with zero attached hydrogens (tertiary/aromatic N) is 3. The fraction of sp³-hybridized carbons (Fsp3) is 0.714. The van der Waals surface area contributed by atoms with Gasteiger partial charge in [-0.1, -0.05) is 18.5 Å². The van der Waals surface area contributed by atoms with Crippen LogP contribution in [0.4, 0.5) is 0 Å². The molecular weight excluding hydrogens is 278 g/mol. The van der Waals surface area contributed by atoms with Crippen molar-refractivity contribution in [2.75, 3.05) is 26.2 Å². The van der Waals surface area contributed by atoms with Gasteiger partial charge in [-0.2, -0.15) is 5.10 Å². The molecule has 1 saturated heterocycles. The van der Waals surface area contributed by atoms with Crippen LogP contribution in [0, 0.1) is 0 Å². The lowest BCUT2D eigenvalue weighted by molar-refractivity contribution is -0.0169. The maximum Gasteiger partial charge on any atom is 0.212 e. The number of ketones is 1. The minimum atomic E-state index is -0.443. The van der Waals surface area contributed by atoms with Crippen LogP contribution in [-0.2, 0) is 4.74 Å². The summed E-state index contributed by atoms with van der Waals surface area (Å²) in [6.07, 6.45) is 2.16. The number of carbonyl (C=O) groups excluding carboxylic acids is 1. The van der Waals surface area contributed by atoms with Gasteiger partial charge in [-0.3, -0.25) is 14.4 Å². The largest absolute Gasteiger partial charge is 0.367 e. The first-order valence-electron chi connectivity index (χ1n) is 7.15. The number of carbonyl (C=O) groups is 1. The summed E-state index contributed by atoms with van der Waals surface area (Å²) in [5.41, 5.74) is 0.463. The molecule has 1 aliphatic rings. The molecule has 20 heavy (non-hydrogen) atoms. The van der Waals surface area contributed by atoms with Gasteiger partial charge in [-0.15, -0.1) is 0 Å². The van der Waals surface area contributed by atoms with E-state index in [1.807, 2.05) is 13.8 Å². The summed E-state index contributed by atoms with van der Waals surface area (Å²) in [5, 5.41) is 4.58. The Labute approximate surface area is 124 Å². The molecule has 112 valence electrons. The fourth-order valence-electron chi connectivity index (χ4n) is 2.50. The summed E-state index contributed by atoms with van der Waals surface area (Å²) in [6.45, 7) is 9.18. The smallest absolute Gasteiger partial charge is 0.212 e. The monoisotopic (exact) mass is 299 g/mol. The zero-order chi connectivity index (χ0) is 14.7. The lowest BCUT2D eigenvalue weighted by atomic mass is 10.1. The molecule has 1 aromatic heterocycles. The molecule has 0 saturated carbocycles. The van der Waals surface area contributed by atoms with Crippen molar-refractivity contribution in [1.29, 1.82) is 0 Å². The highest BCUT2D eigenvalue weighted by Gasteiger charge is 2.31. The maximum absolute atomic E-state index is 12.7. The van der Waals surface area contributed by atoms with Gasteiger partial charge >= 0.3 is 0 Å². The Kier molecular flexibility index (Phi) is 5.18. The first-order chi connectivity index (χ1) is 9.54. The molecule has 5 nitrogen and oxygen atoms in total. The molecule has 6 heteroatoms. The number of ether oxygens (including phenoxy) is 1. The zero-order valence-corrected chi connectivity index (χ0v) is 13.1. The second kappa shape index (κ2) is 6.70. The van der Waals surface area contributed by atoms with E-state index in [0.717, 1.165) is 19.5 Å². The molecule has 1 aromatic rings. The van der Waals surface area contributed by atoms with Gasteiger partial charge in [0.1, 0.15) is 11.8 Å². The standard InChI is InChI=1S/C14H22ClN3O2/c1-4-5-17-6-7-20-12(9-17)14(19)13-11(15)8-16-18(13)10(2)3/h8,10,12H,4-7,9H2,1-3H3. The molecule has 0 aromatic carbocycles. The van der Waals surface area contributed by atoms with E-state index in [9.17, 15) is 4.79 Å². The van der Waals surface area contributed by atoms with Crippen LogP contribution in [0.25, 0.3) is 0 Å². The number of rotatable bonds is 5. The summed E-state index contributed by atoms with van der Waals surface area (Å²) in [7, 11) is 0. The molecule has 1 unspecified atom stereocenters. The molecule has 2 rings (SSSR count). The van der Waals surface area contributed by atoms with Crippen molar-refractivity contribution in [3.8, 4) is 0 Å². The molecule has 0 radical (unpaired) electrons. The Bertz CT molecular complexity index is 471. The summed E-state index contributed by atoms with van der Waals surface area (Å²) >= 11 is 6.13. The van der Waals surface area contributed by atoms with E-state index < -0.39 is 6.10 Å². The van der Waals surface area contributed by atoms with Crippen LogP contribution in [0.3, 0.4) is 0 Å². The second-order valence-electron chi connectivity index (χ2n) is 5.40. The van der Waals surface area contributed by atoms with Gasteiger partial charge < -0.3 is 4.74 Å². The minimum absolute atomic E-state index is 0.0676. The van der Waals surface area contributed by atoms with Crippen LogP contribution in [0.1, 0.15) is 43.7 Å². The van der Waals surface area contributed by atoms with Gasteiger partial charge in [0.05, 0.1) is 17.8 Å². The van der Waals surface area contributed by atoms with Crippen molar-refractivity contribution >= 4 is 17.4 Å². The highest BCUT2D eigenvalue weighted by Crippen LogP contribution is 2.22. The molecule has 1 atom stereocenters. The van der Waals surface area contributed by atoms with Crippen LogP contribution in [0.15, 0.2) is 6.20 Å². The van der Waals surface area contributed by atoms with E-state index in [0.29, 0.717) is 23.9 Å². The highest BCUT2D eigenvalue weighted by atomic mass is 35.5. The summed E-state index contributed by atoms with van der Waals surface area (Å²) in [4.78, 5) is 14.9. The van der Waals surface area contributed by atoms with Gasteiger partial charge in [0.25, 0.3) is 0 Å². The van der Waals surface area contributed by atoms with Crippen LogP contribution in [0.2, 0.25) is 5.02 Å². The molecule has 0 spiro atoms. The van der Waals surface area contributed by atoms with Crippen molar-refractivity contribution in [1.82, 2.24) is 14.7 Å². The average Bonchev–Trinajstić information content (AvgIpc) is 2.81. The quantitative estimate of drug-likeness (QED) is 0.783. The number of Topliss-reactive ketones (excluding diaryl/α,β-unsaturated/α-hetero) is 1. The Morgan fingerprint density at radius 1 is 1.60 bits per heavy atom. The third-order valence-electron chi connectivity index (χ3n) is 3.46. The van der Waals surface area contributed by atoms with E-state index in [2.05, 4.69) is 16.9 Å². The average molecular weight is 300 g/mol. The van der Waals surface area contributed by atoms with E-state index in [1.165, 1.54) is 6.20 Å². The zero-order valence-electron chi connectivity index (χ0n) is 12.3. The molecule has 0 N–H and O–H groups in total. The summed E-state index contributed by atoms with van der Waals surface area (Å²) < 4.78 is 7.31. The Hall–Kier alpha value is -0.910. The van der Waals surface area contributed by atoms with Crippen LogP contribution < -0.4 is 0 Å². The number of morpholine rings is 1. The van der Waals surface area contributed by atoms with Gasteiger partial charge in [-0.05, 0) is 26.8 Å². The van der Waals surface area contributed by atoms with Crippen molar-refractivity contribution in [2.45, 2.75) is 39.3 Å². The van der Waals surface area contributed by atoms with E-state index in [1.54, 1.807) is 4.68 Å². The predicted octanol–water partition coefficient (Wildman–Crippen LogP) is 2.41. The van der Waals surface area contributed by atoms with Crippen LogP contribution >= 0.6 is 11.6 Å². The molecule has 0 bridgehead atoms. The molecule has 0 aliphatic carbocycles. The Balaban J connectivity index is 2.16. The van der Waals surface area contributed by atoms with E-state index in [4.69, 9.17) is 16.3 Å². The highest BCUT2D eigenvalue weighted by molar-refractivity contribution is 6.33. The van der Waals surface area contributed by atoms with Gasteiger partial charge in [-0.25, -0.2) is 0 Å². The molecule has 0 amide bonds. The van der Waals surface area contributed by atoms with Gasteiger partial charge in [0, 0.05) is 19.1 Å². The summed E-state index contributed by atoms with van der Waals surface area (Å²) in [6, 6.07) is 0.0942. The third-order valence-corrected chi connectivity index (χ3v) is 3.73. The molecular formula is C14H22ClN3O2. The third kappa shape index (κ3) is 3.22. The van der Waals surface area contributed by atoms with Crippen molar-refractivity contribution in [3.63, 3.8) is 0 Å². The van der Waals surface area contributed by atoms with E-state index in [-0.39, 0.29) is 11.8 Å². The normalized spacial score (nSPS) is 20.6. The minimum Gasteiger partial charge on any atom is -0.367 e. The number of hydrogen-bond acceptors (Lipinski definition) is 4. The molecule has 1 aliphatic heterocycles. The lowest BCUT2D eigenvalue weighted by Gasteiger charge is -2.32.